The molecule has 1 aromatic rings. The molecular formula is C18H23NO2. The van der Waals surface area contributed by atoms with Gasteiger partial charge in [0.15, 0.2) is 0 Å². The SMILES string of the molecule is O=C(CCC1CCCC1)NCc1ccccc1C#CCO. The number of hydrogen-bond acceptors (Lipinski definition) is 2. The standard InChI is InChI=1S/C18H23NO2/c20-13-5-10-16-8-3-4-9-17(16)14-19-18(21)12-11-15-6-1-2-7-15/h3-4,8-9,15,20H,1-2,6-7,11-14H2,(H,19,21). The highest BCUT2D eigenvalue weighted by atomic mass is 16.2. The number of hydrogen-bond donors (Lipinski definition) is 2. The molecule has 0 bridgehead atoms. The second kappa shape index (κ2) is 8.49. The lowest BCUT2D eigenvalue weighted by Crippen LogP contribution is -2.23. The van der Waals surface area contributed by atoms with Gasteiger partial charge in [-0.25, -0.2) is 0 Å². The van der Waals surface area contributed by atoms with Crippen molar-refractivity contribution in [1.82, 2.24) is 5.32 Å². The van der Waals surface area contributed by atoms with Crippen molar-refractivity contribution < 1.29 is 9.90 Å². The van der Waals surface area contributed by atoms with Crippen LogP contribution in [0.2, 0.25) is 0 Å². The second-order valence-electron chi connectivity index (χ2n) is 5.58. The van der Waals surface area contributed by atoms with Crippen LogP contribution >= 0.6 is 0 Å². The van der Waals surface area contributed by atoms with Gasteiger partial charge in [0, 0.05) is 18.5 Å². The molecule has 1 saturated carbocycles. The van der Waals surface area contributed by atoms with E-state index in [1.54, 1.807) is 0 Å². The van der Waals surface area contributed by atoms with Crippen molar-refractivity contribution in [3.63, 3.8) is 0 Å². The summed E-state index contributed by atoms with van der Waals surface area (Å²) < 4.78 is 0. The lowest BCUT2D eigenvalue weighted by Gasteiger charge is -2.10. The lowest BCUT2D eigenvalue weighted by atomic mass is 10.0. The van der Waals surface area contributed by atoms with Gasteiger partial charge in [0.1, 0.15) is 6.61 Å². The Morgan fingerprint density at radius 3 is 2.81 bits per heavy atom. The Bertz CT molecular complexity index is 522. The molecule has 0 aromatic heterocycles. The van der Waals surface area contributed by atoms with E-state index in [2.05, 4.69) is 17.2 Å². The molecule has 1 aliphatic rings. The first-order valence-electron chi connectivity index (χ1n) is 7.74. The average molecular weight is 285 g/mol. The number of aliphatic hydroxyl groups is 1. The molecule has 0 spiro atoms. The second-order valence-corrected chi connectivity index (χ2v) is 5.58. The monoisotopic (exact) mass is 285 g/mol. The Morgan fingerprint density at radius 2 is 2.05 bits per heavy atom. The predicted molar refractivity (Wildman–Crippen MR) is 83.4 cm³/mol. The van der Waals surface area contributed by atoms with E-state index in [9.17, 15) is 4.79 Å². The number of aliphatic hydroxyl groups excluding tert-OH is 1. The van der Waals surface area contributed by atoms with E-state index < -0.39 is 0 Å². The maximum absolute atomic E-state index is 11.9. The summed E-state index contributed by atoms with van der Waals surface area (Å²) in [6.45, 7) is 0.349. The number of carbonyl (C=O) groups excluding carboxylic acids is 1. The first kappa shape index (κ1) is 15.6. The fraction of sp³-hybridized carbons (Fsp3) is 0.500. The van der Waals surface area contributed by atoms with Gasteiger partial charge in [0.05, 0.1) is 0 Å². The van der Waals surface area contributed by atoms with Gasteiger partial charge in [-0.1, -0.05) is 55.7 Å². The molecule has 3 heteroatoms. The molecule has 0 heterocycles. The van der Waals surface area contributed by atoms with Crippen molar-refractivity contribution >= 4 is 5.91 Å². The summed E-state index contributed by atoms with van der Waals surface area (Å²) in [6, 6.07) is 7.71. The largest absolute Gasteiger partial charge is 0.384 e. The fourth-order valence-electron chi connectivity index (χ4n) is 2.85. The third-order valence-electron chi connectivity index (χ3n) is 4.05. The molecule has 1 amide bonds. The molecule has 0 unspecified atom stereocenters. The van der Waals surface area contributed by atoms with Gasteiger partial charge in [-0.3, -0.25) is 4.79 Å². The Morgan fingerprint density at radius 1 is 1.29 bits per heavy atom. The Labute approximate surface area is 126 Å². The smallest absolute Gasteiger partial charge is 0.220 e. The fourth-order valence-corrected chi connectivity index (χ4v) is 2.85. The zero-order valence-electron chi connectivity index (χ0n) is 12.4. The van der Waals surface area contributed by atoms with Gasteiger partial charge < -0.3 is 10.4 Å². The molecule has 0 saturated heterocycles. The summed E-state index contributed by atoms with van der Waals surface area (Å²) in [5.41, 5.74) is 1.86. The third kappa shape index (κ3) is 5.24. The lowest BCUT2D eigenvalue weighted by molar-refractivity contribution is -0.121. The maximum Gasteiger partial charge on any atom is 0.220 e. The molecular weight excluding hydrogens is 262 g/mol. The van der Waals surface area contributed by atoms with Crippen molar-refractivity contribution in [3.05, 3.63) is 35.4 Å². The summed E-state index contributed by atoms with van der Waals surface area (Å²) in [5, 5.41) is 11.7. The Kier molecular flexibility index (Phi) is 6.30. The molecule has 3 nitrogen and oxygen atoms in total. The zero-order valence-corrected chi connectivity index (χ0v) is 12.4. The van der Waals surface area contributed by atoms with Gasteiger partial charge in [-0.15, -0.1) is 0 Å². The van der Waals surface area contributed by atoms with Crippen LogP contribution in [-0.2, 0) is 11.3 Å². The Hall–Kier alpha value is -1.79. The number of amides is 1. The van der Waals surface area contributed by atoms with Gasteiger partial charge in [0.25, 0.3) is 0 Å². The van der Waals surface area contributed by atoms with E-state index in [4.69, 9.17) is 5.11 Å². The number of benzene rings is 1. The average Bonchev–Trinajstić information content (AvgIpc) is 3.03. The Balaban J connectivity index is 1.80. The van der Waals surface area contributed by atoms with E-state index in [0.717, 1.165) is 23.5 Å². The predicted octanol–water partition coefficient (Wildman–Crippen LogP) is 2.62. The van der Waals surface area contributed by atoms with Crippen LogP contribution in [-0.4, -0.2) is 17.6 Å². The normalized spacial score (nSPS) is 14.5. The number of carbonyl (C=O) groups is 1. The van der Waals surface area contributed by atoms with Crippen LogP contribution in [0.15, 0.2) is 24.3 Å². The zero-order chi connectivity index (χ0) is 14.9. The van der Waals surface area contributed by atoms with Crippen molar-refractivity contribution in [2.75, 3.05) is 6.61 Å². The van der Waals surface area contributed by atoms with Crippen LogP contribution in [0.1, 0.15) is 49.7 Å². The van der Waals surface area contributed by atoms with Crippen LogP contribution in [0.25, 0.3) is 0 Å². The topological polar surface area (TPSA) is 49.3 Å². The molecule has 1 fully saturated rings. The van der Waals surface area contributed by atoms with E-state index in [1.807, 2.05) is 24.3 Å². The summed E-state index contributed by atoms with van der Waals surface area (Å²) >= 11 is 0. The van der Waals surface area contributed by atoms with Gasteiger partial charge in [-0.2, -0.15) is 0 Å². The molecule has 0 aliphatic heterocycles. The molecule has 2 N–H and O–H groups in total. The summed E-state index contributed by atoms with van der Waals surface area (Å²) in [7, 11) is 0. The van der Waals surface area contributed by atoms with Crippen molar-refractivity contribution in [3.8, 4) is 11.8 Å². The minimum Gasteiger partial charge on any atom is -0.384 e. The highest BCUT2D eigenvalue weighted by Gasteiger charge is 2.16. The van der Waals surface area contributed by atoms with Crippen molar-refractivity contribution in [1.29, 1.82) is 0 Å². The first-order valence-corrected chi connectivity index (χ1v) is 7.74. The van der Waals surface area contributed by atoms with Gasteiger partial charge >= 0.3 is 0 Å². The van der Waals surface area contributed by atoms with Gasteiger partial charge in [0.2, 0.25) is 5.91 Å². The van der Waals surface area contributed by atoms with E-state index in [-0.39, 0.29) is 12.5 Å². The van der Waals surface area contributed by atoms with Crippen LogP contribution in [0.5, 0.6) is 0 Å². The maximum atomic E-state index is 11.9. The molecule has 112 valence electrons. The molecule has 0 radical (unpaired) electrons. The molecule has 1 aliphatic carbocycles. The summed E-state index contributed by atoms with van der Waals surface area (Å²) in [5.74, 6) is 6.43. The summed E-state index contributed by atoms with van der Waals surface area (Å²) in [6.07, 6.45) is 6.85. The minimum absolute atomic E-state index is 0.117. The molecule has 2 rings (SSSR count). The number of rotatable bonds is 5. The van der Waals surface area contributed by atoms with Crippen LogP contribution in [0, 0.1) is 17.8 Å². The minimum atomic E-state index is -0.151. The van der Waals surface area contributed by atoms with Crippen LogP contribution < -0.4 is 5.32 Å². The summed E-state index contributed by atoms with van der Waals surface area (Å²) in [4.78, 5) is 11.9. The number of nitrogens with one attached hydrogen (secondary N) is 1. The van der Waals surface area contributed by atoms with Gasteiger partial charge in [-0.05, 0) is 24.0 Å². The van der Waals surface area contributed by atoms with E-state index >= 15 is 0 Å². The highest BCUT2D eigenvalue weighted by Crippen LogP contribution is 2.28. The third-order valence-corrected chi connectivity index (χ3v) is 4.05. The van der Waals surface area contributed by atoms with Crippen LogP contribution in [0.4, 0.5) is 0 Å². The highest BCUT2D eigenvalue weighted by molar-refractivity contribution is 5.75. The van der Waals surface area contributed by atoms with Crippen LogP contribution in [0.3, 0.4) is 0 Å². The molecule has 21 heavy (non-hydrogen) atoms. The van der Waals surface area contributed by atoms with Crippen molar-refractivity contribution in [2.45, 2.75) is 45.1 Å². The molecule has 0 atom stereocenters. The quantitative estimate of drug-likeness (QED) is 0.817. The van der Waals surface area contributed by atoms with E-state index in [0.29, 0.717) is 13.0 Å². The first-order chi connectivity index (χ1) is 10.3. The van der Waals surface area contributed by atoms with Crippen molar-refractivity contribution in [2.24, 2.45) is 5.92 Å². The van der Waals surface area contributed by atoms with E-state index in [1.165, 1.54) is 25.7 Å². The molecule has 1 aromatic carbocycles.